The van der Waals surface area contributed by atoms with Gasteiger partial charge < -0.3 is 14.8 Å². The zero-order valence-electron chi connectivity index (χ0n) is 15.3. The van der Waals surface area contributed by atoms with Gasteiger partial charge in [0.25, 0.3) is 0 Å². The van der Waals surface area contributed by atoms with Gasteiger partial charge in [-0.15, -0.1) is 0 Å². The maximum Gasteiger partial charge on any atom is 0.416 e. The molecule has 0 saturated heterocycles. The van der Waals surface area contributed by atoms with E-state index in [1.54, 1.807) is 27.7 Å². The number of carbonyl (C=O) groups excluding carboxylic acids is 2. The lowest BCUT2D eigenvalue weighted by Gasteiger charge is -2.25. The molecule has 146 valence electrons. The molecular formula is C18H24F3NO4. The number of amides is 1. The number of hydrogen-bond donors (Lipinski definition) is 1. The van der Waals surface area contributed by atoms with Crippen LogP contribution in [0.3, 0.4) is 0 Å². The Kier molecular flexibility index (Phi) is 7.47. The van der Waals surface area contributed by atoms with Crippen molar-refractivity contribution < 1.29 is 32.2 Å². The molecule has 0 aromatic heterocycles. The molecule has 8 heteroatoms. The van der Waals surface area contributed by atoms with E-state index in [9.17, 15) is 22.8 Å². The summed E-state index contributed by atoms with van der Waals surface area (Å²) >= 11 is 0. The van der Waals surface area contributed by atoms with Gasteiger partial charge in [-0.2, -0.15) is 13.2 Å². The molecule has 0 radical (unpaired) electrons. The number of esters is 1. The quantitative estimate of drug-likeness (QED) is 0.737. The van der Waals surface area contributed by atoms with Gasteiger partial charge >= 0.3 is 18.2 Å². The van der Waals surface area contributed by atoms with Gasteiger partial charge in [-0.3, -0.25) is 4.79 Å². The third kappa shape index (κ3) is 7.33. The van der Waals surface area contributed by atoms with Crippen molar-refractivity contribution in [3.63, 3.8) is 0 Å². The average Bonchev–Trinajstić information content (AvgIpc) is 2.49. The van der Waals surface area contributed by atoms with Gasteiger partial charge in [0, 0.05) is 6.42 Å². The van der Waals surface area contributed by atoms with E-state index in [0.29, 0.717) is 6.42 Å². The molecule has 1 aromatic rings. The SMILES string of the molecule is CCCC(=O)OCC(NC(=O)OC(C)(C)C)c1ccccc1C(F)(F)F. The Hall–Kier alpha value is -2.25. The Labute approximate surface area is 150 Å². The van der Waals surface area contributed by atoms with Crippen molar-refractivity contribution in [3.05, 3.63) is 35.4 Å². The molecule has 0 bridgehead atoms. The summed E-state index contributed by atoms with van der Waals surface area (Å²) < 4.78 is 50.0. The van der Waals surface area contributed by atoms with E-state index in [1.807, 2.05) is 0 Å². The van der Waals surface area contributed by atoms with Gasteiger partial charge in [-0.25, -0.2) is 4.79 Å². The van der Waals surface area contributed by atoms with E-state index in [2.05, 4.69) is 5.32 Å². The maximum atomic E-state index is 13.3. The molecule has 1 N–H and O–H groups in total. The molecule has 5 nitrogen and oxygen atoms in total. The highest BCUT2D eigenvalue weighted by atomic mass is 19.4. The zero-order chi connectivity index (χ0) is 20.0. The Morgan fingerprint density at radius 2 is 1.77 bits per heavy atom. The van der Waals surface area contributed by atoms with Gasteiger partial charge in [-0.05, 0) is 38.8 Å². The van der Waals surface area contributed by atoms with Crippen molar-refractivity contribution in [2.45, 2.75) is 58.4 Å². The van der Waals surface area contributed by atoms with E-state index in [1.165, 1.54) is 18.2 Å². The Bertz CT molecular complexity index is 624. The van der Waals surface area contributed by atoms with Crippen LogP contribution in [0.1, 0.15) is 57.7 Å². The van der Waals surface area contributed by atoms with Crippen LogP contribution in [0.4, 0.5) is 18.0 Å². The number of rotatable bonds is 6. The van der Waals surface area contributed by atoms with Crippen molar-refractivity contribution in [2.24, 2.45) is 0 Å². The first-order valence-electron chi connectivity index (χ1n) is 8.25. The minimum Gasteiger partial charge on any atom is -0.463 e. The maximum absolute atomic E-state index is 13.3. The topological polar surface area (TPSA) is 64.6 Å². The Balaban J connectivity index is 3.08. The second-order valence-corrected chi connectivity index (χ2v) is 6.72. The second kappa shape index (κ2) is 8.91. The molecule has 0 aliphatic rings. The van der Waals surface area contributed by atoms with E-state index >= 15 is 0 Å². The number of ether oxygens (including phenoxy) is 2. The molecule has 1 aromatic carbocycles. The Morgan fingerprint density at radius 1 is 1.15 bits per heavy atom. The lowest BCUT2D eigenvalue weighted by molar-refractivity contribution is -0.144. The van der Waals surface area contributed by atoms with Crippen LogP contribution in [0.5, 0.6) is 0 Å². The van der Waals surface area contributed by atoms with Gasteiger partial charge in [0.2, 0.25) is 0 Å². The predicted octanol–water partition coefficient (Wildman–Crippen LogP) is 4.61. The molecule has 1 atom stereocenters. The molecule has 0 spiro atoms. The number of alkyl halides is 3. The van der Waals surface area contributed by atoms with Crippen molar-refractivity contribution in [3.8, 4) is 0 Å². The van der Waals surface area contributed by atoms with Gasteiger partial charge in [0.15, 0.2) is 0 Å². The normalized spacial score (nSPS) is 13.0. The highest BCUT2D eigenvalue weighted by Gasteiger charge is 2.36. The Morgan fingerprint density at radius 3 is 2.31 bits per heavy atom. The standard InChI is InChI=1S/C18H24F3NO4/c1-5-8-15(23)25-11-14(22-16(24)26-17(2,3)4)12-9-6-7-10-13(12)18(19,20)21/h6-7,9-10,14H,5,8,11H2,1-4H3,(H,22,24). The molecule has 26 heavy (non-hydrogen) atoms. The molecule has 0 fully saturated rings. The molecule has 0 aliphatic heterocycles. The van der Waals surface area contributed by atoms with E-state index < -0.39 is 42.1 Å². The van der Waals surface area contributed by atoms with Crippen LogP contribution >= 0.6 is 0 Å². The zero-order valence-corrected chi connectivity index (χ0v) is 15.3. The van der Waals surface area contributed by atoms with Crippen molar-refractivity contribution in [1.82, 2.24) is 5.32 Å². The minimum absolute atomic E-state index is 0.139. The van der Waals surface area contributed by atoms with Crippen molar-refractivity contribution >= 4 is 12.1 Å². The summed E-state index contributed by atoms with van der Waals surface area (Å²) in [5.74, 6) is -0.548. The third-order valence-corrected chi connectivity index (χ3v) is 3.20. The number of hydrogen-bond acceptors (Lipinski definition) is 4. The fourth-order valence-corrected chi connectivity index (χ4v) is 2.17. The number of benzene rings is 1. The highest BCUT2D eigenvalue weighted by molar-refractivity contribution is 5.70. The second-order valence-electron chi connectivity index (χ2n) is 6.72. The van der Waals surface area contributed by atoms with Gasteiger partial charge in [0.1, 0.15) is 12.2 Å². The first-order valence-corrected chi connectivity index (χ1v) is 8.25. The largest absolute Gasteiger partial charge is 0.463 e. The van der Waals surface area contributed by atoms with Crippen LogP contribution < -0.4 is 5.32 Å². The van der Waals surface area contributed by atoms with E-state index in [4.69, 9.17) is 9.47 Å². The molecule has 1 rings (SSSR count). The number of halogens is 3. The lowest BCUT2D eigenvalue weighted by Crippen LogP contribution is -2.37. The summed E-state index contributed by atoms with van der Waals surface area (Å²) in [6, 6.07) is 3.62. The fourth-order valence-electron chi connectivity index (χ4n) is 2.17. The van der Waals surface area contributed by atoms with E-state index in [-0.39, 0.29) is 12.0 Å². The fraction of sp³-hybridized carbons (Fsp3) is 0.556. The number of alkyl carbamates (subject to hydrolysis) is 1. The summed E-state index contributed by atoms with van der Waals surface area (Å²) in [6.07, 6.45) is -4.83. The van der Waals surface area contributed by atoms with Crippen LogP contribution in [0, 0.1) is 0 Å². The lowest BCUT2D eigenvalue weighted by atomic mass is 10.0. The third-order valence-electron chi connectivity index (χ3n) is 3.20. The average molecular weight is 375 g/mol. The van der Waals surface area contributed by atoms with E-state index in [0.717, 1.165) is 6.07 Å². The highest BCUT2D eigenvalue weighted by Crippen LogP contribution is 2.34. The van der Waals surface area contributed by atoms with Crippen LogP contribution in [0.15, 0.2) is 24.3 Å². The van der Waals surface area contributed by atoms with Crippen LogP contribution in [-0.2, 0) is 20.4 Å². The molecular weight excluding hydrogens is 351 g/mol. The summed E-state index contributed by atoms with van der Waals surface area (Å²) in [5, 5.41) is 2.36. The monoisotopic (exact) mass is 375 g/mol. The van der Waals surface area contributed by atoms with Crippen LogP contribution in [0.2, 0.25) is 0 Å². The van der Waals surface area contributed by atoms with Crippen molar-refractivity contribution in [2.75, 3.05) is 6.61 Å². The molecule has 1 unspecified atom stereocenters. The minimum atomic E-state index is -4.61. The first kappa shape index (κ1) is 21.8. The van der Waals surface area contributed by atoms with Crippen LogP contribution in [0.25, 0.3) is 0 Å². The first-order chi connectivity index (χ1) is 11.9. The number of nitrogens with one attached hydrogen (secondary N) is 1. The summed E-state index contributed by atoms with van der Waals surface area (Å²) in [4.78, 5) is 23.6. The molecule has 0 aliphatic carbocycles. The molecule has 0 saturated carbocycles. The van der Waals surface area contributed by atoms with Crippen molar-refractivity contribution in [1.29, 1.82) is 0 Å². The number of carbonyl (C=O) groups is 2. The smallest absolute Gasteiger partial charge is 0.416 e. The van der Waals surface area contributed by atoms with Crippen LogP contribution in [-0.4, -0.2) is 24.3 Å². The predicted molar refractivity (Wildman–Crippen MR) is 89.4 cm³/mol. The summed E-state index contributed by atoms with van der Waals surface area (Å²) in [6.45, 7) is 6.24. The molecule has 0 heterocycles. The summed E-state index contributed by atoms with van der Waals surface area (Å²) in [5.41, 5.74) is -1.93. The van der Waals surface area contributed by atoms with Gasteiger partial charge in [0.05, 0.1) is 11.6 Å². The summed E-state index contributed by atoms with van der Waals surface area (Å²) in [7, 11) is 0. The molecule has 1 amide bonds. The van der Waals surface area contributed by atoms with Gasteiger partial charge in [-0.1, -0.05) is 25.1 Å².